The number of amides is 2. The van der Waals surface area contributed by atoms with Crippen LogP contribution < -0.4 is 15.4 Å². The van der Waals surface area contributed by atoms with Crippen molar-refractivity contribution >= 4 is 23.2 Å². The highest BCUT2D eigenvalue weighted by molar-refractivity contribution is 5.96. The summed E-state index contributed by atoms with van der Waals surface area (Å²) in [4.78, 5) is 27.3. The number of nitrogens with zero attached hydrogens (tertiary/aromatic N) is 1. The smallest absolute Gasteiger partial charge is 0.253 e. The summed E-state index contributed by atoms with van der Waals surface area (Å²) >= 11 is 0. The number of piperidine rings is 1. The zero-order chi connectivity index (χ0) is 21.7. The maximum absolute atomic E-state index is 13.0. The van der Waals surface area contributed by atoms with E-state index < -0.39 is 0 Å². The number of rotatable bonds is 6. The molecule has 2 aromatic carbocycles. The summed E-state index contributed by atoms with van der Waals surface area (Å²) in [6, 6.07) is 12.8. The van der Waals surface area contributed by atoms with E-state index in [1.54, 1.807) is 31.4 Å². The van der Waals surface area contributed by atoms with Crippen LogP contribution in [0, 0.1) is 18.8 Å². The lowest BCUT2D eigenvalue weighted by molar-refractivity contribution is -0.114. The van der Waals surface area contributed by atoms with Gasteiger partial charge >= 0.3 is 0 Å². The van der Waals surface area contributed by atoms with Gasteiger partial charge in [-0.05, 0) is 67.1 Å². The number of hydrogen-bond donors (Lipinski definition) is 2. The number of benzene rings is 2. The van der Waals surface area contributed by atoms with Gasteiger partial charge in [0.15, 0.2) is 0 Å². The van der Waals surface area contributed by atoms with Gasteiger partial charge in [0.05, 0.1) is 13.7 Å². The van der Waals surface area contributed by atoms with E-state index in [9.17, 15) is 9.59 Å². The van der Waals surface area contributed by atoms with E-state index >= 15 is 0 Å². The van der Waals surface area contributed by atoms with E-state index in [-0.39, 0.29) is 18.4 Å². The second-order valence-corrected chi connectivity index (χ2v) is 8.32. The number of carbonyl (C=O) groups excluding carboxylic acids is 2. The molecule has 2 unspecified atom stereocenters. The first-order valence-corrected chi connectivity index (χ1v) is 10.4. The molecule has 0 spiro atoms. The molecule has 0 saturated carbocycles. The molecule has 160 valence electrons. The molecule has 30 heavy (non-hydrogen) atoms. The summed E-state index contributed by atoms with van der Waals surface area (Å²) in [5, 5.41) is 6.01. The van der Waals surface area contributed by atoms with Crippen LogP contribution in [0.25, 0.3) is 0 Å². The Morgan fingerprint density at radius 1 is 1.07 bits per heavy atom. The number of nitrogens with one attached hydrogen (secondary N) is 2. The molecule has 0 aromatic heterocycles. The molecular formula is C24H31N3O3. The summed E-state index contributed by atoms with van der Waals surface area (Å²) in [7, 11) is 1.60. The first-order valence-electron chi connectivity index (χ1n) is 10.4. The Morgan fingerprint density at radius 2 is 1.73 bits per heavy atom. The molecule has 2 aromatic rings. The van der Waals surface area contributed by atoms with Crippen molar-refractivity contribution in [3.8, 4) is 5.75 Å². The third kappa shape index (κ3) is 5.53. The van der Waals surface area contributed by atoms with Crippen molar-refractivity contribution in [1.29, 1.82) is 0 Å². The third-order valence-corrected chi connectivity index (χ3v) is 5.45. The minimum atomic E-state index is -0.157. The van der Waals surface area contributed by atoms with Gasteiger partial charge in [-0.1, -0.05) is 19.9 Å². The molecule has 1 aliphatic rings. The number of carbonyl (C=O) groups is 2. The minimum absolute atomic E-state index is 0.0548. The standard InChI is InChI=1S/C24H31N3O3/c1-16-11-17(2)15-27(14-16)24(29)19-6-5-18(3)22(12-19)25-13-23(28)26-20-7-9-21(30-4)10-8-20/h5-10,12,16-17,25H,11,13-15H2,1-4H3,(H,26,28). The van der Waals surface area contributed by atoms with Gasteiger partial charge in [0.2, 0.25) is 5.91 Å². The summed E-state index contributed by atoms with van der Waals surface area (Å²) in [6.45, 7) is 8.05. The van der Waals surface area contributed by atoms with Gasteiger partial charge in [0.25, 0.3) is 5.91 Å². The van der Waals surface area contributed by atoms with Crippen LogP contribution >= 0.6 is 0 Å². The van der Waals surface area contributed by atoms with Crippen molar-refractivity contribution in [2.45, 2.75) is 27.2 Å². The monoisotopic (exact) mass is 409 g/mol. The molecule has 1 heterocycles. The van der Waals surface area contributed by atoms with Crippen LogP contribution in [0.15, 0.2) is 42.5 Å². The van der Waals surface area contributed by atoms with Gasteiger partial charge in [-0.25, -0.2) is 0 Å². The van der Waals surface area contributed by atoms with Gasteiger partial charge < -0.3 is 20.3 Å². The van der Waals surface area contributed by atoms with Gasteiger partial charge in [0.1, 0.15) is 5.75 Å². The van der Waals surface area contributed by atoms with Crippen LogP contribution in [0.1, 0.15) is 36.2 Å². The van der Waals surface area contributed by atoms with Crippen LogP contribution in [-0.4, -0.2) is 43.5 Å². The maximum Gasteiger partial charge on any atom is 0.253 e. The van der Waals surface area contributed by atoms with Gasteiger partial charge in [-0.15, -0.1) is 0 Å². The number of ether oxygens (including phenoxy) is 1. The molecule has 0 bridgehead atoms. The number of anilines is 2. The van der Waals surface area contributed by atoms with E-state index in [4.69, 9.17) is 4.74 Å². The molecule has 1 aliphatic heterocycles. The molecule has 1 saturated heterocycles. The summed E-state index contributed by atoms with van der Waals surface area (Å²) in [6.07, 6.45) is 1.16. The highest BCUT2D eigenvalue weighted by atomic mass is 16.5. The molecule has 6 nitrogen and oxygen atoms in total. The molecular weight excluding hydrogens is 378 g/mol. The lowest BCUT2D eigenvalue weighted by atomic mass is 9.91. The molecule has 1 fully saturated rings. The Balaban J connectivity index is 1.62. The lowest BCUT2D eigenvalue weighted by Gasteiger charge is -2.35. The highest BCUT2D eigenvalue weighted by Crippen LogP contribution is 2.24. The molecule has 3 rings (SSSR count). The number of methoxy groups -OCH3 is 1. The van der Waals surface area contributed by atoms with Crippen molar-refractivity contribution in [1.82, 2.24) is 4.90 Å². The molecule has 2 N–H and O–H groups in total. The Hall–Kier alpha value is -3.02. The first kappa shape index (κ1) is 21.7. The SMILES string of the molecule is COc1ccc(NC(=O)CNc2cc(C(=O)N3CC(C)CC(C)C3)ccc2C)cc1. The van der Waals surface area contributed by atoms with E-state index in [1.807, 2.05) is 30.0 Å². The number of hydrogen-bond acceptors (Lipinski definition) is 4. The predicted octanol–water partition coefficient (Wildman–Crippen LogP) is 4.17. The first-order chi connectivity index (χ1) is 14.4. The number of likely N-dealkylation sites (tertiary alicyclic amines) is 1. The average molecular weight is 410 g/mol. The van der Waals surface area contributed by atoms with E-state index in [1.165, 1.54) is 0 Å². The van der Waals surface area contributed by atoms with Crippen LogP contribution in [0.2, 0.25) is 0 Å². The summed E-state index contributed by atoms with van der Waals surface area (Å²) in [5.74, 6) is 1.67. The second kappa shape index (κ2) is 9.65. The maximum atomic E-state index is 13.0. The zero-order valence-electron chi connectivity index (χ0n) is 18.2. The zero-order valence-corrected chi connectivity index (χ0v) is 18.2. The number of aryl methyl sites for hydroxylation is 1. The van der Waals surface area contributed by atoms with Crippen molar-refractivity contribution in [2.75, 3.05) is 37.4 Å². The topological polar surface area (TPSA) is 70.7 Å². The molecule has 0 aliphatic carbocycles. The van der Waals surface area contributed by atoms with Crippen LogP contribution in [-0.2, 0) is 4.79 Å². The lowest BCUT2D eigenvalue weighted by Crippen LogP contribution is -2.42. The Morgan fingerprint density at radius 3 is 2.37 bits per heavy atom. The van der Waals surface area contributed by atoms with E-state index in [0.717, 1.165) is 36.5 Å². The summed E-state index contributed by atoms with van der Waals surface area (Å²) < 4.78 is 5.12. The largest absolute Gasteiger partial charge is 0.497 e. The van der Waals surface area contributed by atoms with Crippen molar-refractivity contribution in [3.63, 3.8) is 0 Å². The molecule has 6 heteroatoms. The average Bonchev–Trinajstić information content (AvgIpc) is 2.72. The van der Waals surface area contributed by atoms with Crippen molar-refractivity contribution < 1.29 is 14.3 Å². The second-order valence-electron chi connectivity index (χ2n) is 8.32. The quantitative estimate of drug-likeness (QED) is 0.751. The molecule has 2 atom stereocenters. The predicted molar refractivity (Wildman–Crippen MR) is 120 cm³/mol. The third-order valence-electron chi connectivity index (χ3n) is 5.45. The van der Waals surface area contributed by atoms with Gasteiger partial charge in [-0.2, -0.15) is 0 Å². The Kier molecular flexibility index (Phi) is 6.98. The fourth-order valence-corrected chi connectivity index (χ4v) is 4.01. The van der Waals surface area contributed by atoms with E-state index in [0.29, 0.717) is 23.1 Å². The summed E-state index contributed by atoms with van der Waals surface area (Å²) in [5.41, 5.74) is 3.14. The van der Waals surface area contributed by atoms with Crippen molar-refractivity contribution in [3.05, 3.63) is 53.6 Å². The van der Waals surface area contributed by atoms with Crippen LogP contribution in [0.5, 0.6) is 5.75 Å². The van der Waals surface area contributed by atoms with Gasteiger partial charge in [0, 0.05) is 30.0 Å². The fraction of sp³-hybridized carbons (Fsp3) is 0.417. The Bertz CT molecular complexity index is 885. The van der Waals surface area contributed by atoms with Crippen molar-refractivity contribution in [2.24, 2.45) is 11.8 Å². The normalized spacial score (nSPS) is 18.6. The highest BCUT2D eigenvalue weighted by Gasteiger charge is 2.26. The van der Waals surface area contributed by atoms with Crippen LogP contribution in [0.4, 0.5) is 11.4 Å². The minimum Gasteiger partial charge on any atom is -0.497 e. The fourth-order valence-electron chi connectivity index (χ4n) is 4.01. The Labute approximate surface area is 178 Å². The van der Waals surface area contributed by atoms with Gasteiger partial charge in [-0.3, -0.25) is 9.59 Å². The van der Waals surface area contributed by atoms with Crippen LogP contribution in [0.3, 0.4) is 0 Å². The molecule has 2 amide bonds. The molecule has 0 radical (unpaired) electrons. The van der Waals surface area contributed by atoms with E-state index in [2.05, 4.69) is 24.5 Å².